The molecule has 126 valence electrons. The Bertz CT molecular complexity index is 537. The van der Waals surface area contributed by atoms with E-state index in [4.69, 9.17) is 4.74 Å². The summed E-state index contributed by atoms with van der Waals surface area (Å²) in [6.07, 6.45) is 2.13. The fourth-order valence-electron chi connectivity index (χ4n) is 3.02. The molecule has 0 bridgehead atoms. The summed E-state index contributed by atoms with van der Waals surface area (Å²) in [6.45, 7) is 5.91. The SMILES string of the molecule is Cc1ccccc1OCC(=O)N1CCN(C[C@@H](O)C2CC2)CC1. The zero-order chi connectivity index (χ0) is 16.2. The zero-order valence-electron chi connectivity index (χ0n) is 13.8. The van der Waals surface area contributed by atoms with Crippen LogP contribution in [0.5, 0.6) is 5.75 Å². The maximum atomic E-state index is 12.3. The number of β-amino-alcohol motifs (C(OH)–C–C–N with tert-alkyl or cyclic N) is 1. The molecule has 0 unspecified atom stereocenters. The van der Waals surface area contributed by atoms with Crippen LogP contribution in [-0.2, 0) is 4.79 Å². The monoisotopic (exact) mass is 318 g/mol. The number of amides is 1. The second-order valence-corrected chi connectivity index (χ2v) is 6.64. The van der Waals surface area contributed by atoms with Gasteiger partial charge in [0.2, 0.25) is 0 Å². The van der Waals surface area contributed by atoms with Crippen molar-refractivity contribution in [3.8, 4) is 5.75 Å². The number of carbonyl (C=O) groups is 1. The van der Waals surface area contributed by atoms with Gasteiger partial charge in [-0.05, 0) is 37.3 Å². The van der Waals surface area contributed by atoms with E-state index in [9.17, 15) is 9.90 Å². The third kappa shape index (κ3) is 4.45. The average Bonchev–Trinajstić information content (AvgIpc) is 3.39. The van der Waals surface area contributed by atoms with E-state index < -0.39 is 0 Å². The fourth-order valence-corrected chi connectivity index (χ4v) is 3.02. The molecule has 1 aliphatic heterocycles. The lowest BCUT2D eigenvalue weighted by atomic mass is 10.2. The van der Waals surface area contributed by atoms with Crippen LogP contribution in [0.4, 0.5) is 0 Å². The van der Waals surface area contributed by atoms with Crippen LogP contribution in [0.3, 0.4) is 0 Å². The molecule has 1 aromatic rings. The molecule has 1 aliphatic carbocycles. The minimum Gasteiger partial charge on any atom is -0.484 e. The number of nitrogens with zero attached hydrogens (tertiary/aromatic N) is 2. The molecule has 23 heavy (non-hydrogen) atoms. The van der Waals surface area contributed by atoms with E-state index >= 15 is 0 Å². The van der Waals surface area contributed by atoms with Crippen LogP contribution in [0.15, 0.2) is 24.3 Å². The smallest absolute Gasteiger partial charge is 0.260 e. The van der Waals surface area contributed by atoms with Gasteiger partial charge in [0.05, 0.1) is 6.10 Å². The number of hydrogen-bond acceptors (Lipinski definition) is 4. The molecule has 1 saturated heterocycles. The van der Waals surface area contributed by atoms with Gasteiger partial charge in [0.25, 0.3) is 5.91 Å². The minimum absolute atomic E-state index is 0.0376. The van der Waals surface area contributed by atoms with Gasteiger partial charge in [-0.15, -0.1) is 0 Å². The topological polar surface area (TPSA) is 53.0 Å². The number of carbonyl (C=O) groups excluding carboxylic acids is 1. The fraction of sp³-hybridized carbons (Fsp3) is 0.611. The molecule has 1 amide bonds. The van der Waals surface area contributed by atoms with E-state index in [0.717, 1.165) is 43.8 Å². The summed E-state index contributed by atoms with van der Waals surface area (Å²) in [7, 11) is 0. The molecule has 0 radical (unpaired) electrons. The lowest BCUT2D eigenvalue weighted by molar-refractivity contribution is -0.135. The number of benzene rings is 1. The predicted octanol–water partition coefficient (Wildman–Crippen LogP) is 1.29. The van der Waals surface area contributed by atoms with Crippen molar-refractivity contribution >= 4 is 5.91 Å². The van der Waals surface area contributed by atoms with Crippen LogP contribution >= 0.6 is 0 Å². The van der Waals surface area contributed by atoms with Crippen LogP contribution in [-0.4, -0.2) is 66.2 Å². The largest absolute Gasteiger partial charge is 0.484 e. The number of rotatable bonds is 6. The molecule has 0 spiro atoms. The quantitative estimate of drug-likeness (QED) is 0.859. The van der Waals surface area contributed by atoms with Gasteiger partial charge >= 0.3 is 0 Å². The van der Waals surface area contributed by atoms with Crippen molar-refractivity contribution in [3.05, 3.63) is 29.8 Å². The van der Waals surface area contributed by atoms with Crippen LogP contribution in [0.1, 0.15) is 18.4 Å². The van der Waals surface area contributed by atoms with Crippen LogP contribution < -0.4 is 4.74 Å². The Hall–Kier alpha value is -1.59. The lowest BCUT2D eigenvalue weighted by Gasteiger charge is -2.35. The Labute approximate surface area is 137 Å². The van der Waals surface area contributed by atoms with Crippen LogP contribution in [0.2, 0.25) is 0 Å². The maximum Gasteiger partial charge on any atom is 0.260 e. The van der Waals surface area contributed by atoms with Crippen LogP contribution in [0.25, 0.3) is 0 Å². The summed E-state index contributed by atoms with van der Waals surface area (Å²) in [4.78, 5) is 16.4. The molecule has 1 atom stereocenters. The second-order valence-electron chi connectivity index (χ2n) is 6.64. The molecule has 1 saturated carbocycles. The van der Waals surface area contributed by atoms with Crippen molar-refractivity contribution in [2.45, 2.75) is 25.9 Å². The van der Waals surface area contributed by atoms with Crippen molar-refractivity contribution in [2.24, 2.45) is 5.92 Å². The Balaban J connectivity index is 1.40. The molecule has 5 nitrogen and oxygen atoms in total. The van der Waals surface area contributed by atoms with E-state index in [0.29, 0.717) is 19.0 Å². The number of aliphatic hydroxyl groups excluding tert-OH is 1. The van der Waals surface area contributed by atoms with Gasteiger partial charge in [-0.3, -0.25) is 9.69 Å². The number of aryl methyl sites for hydroxylation is 1. The molecular weight excluding hydrogens is 292 g/mol. The Kier molecular flexibility index (Phi) is 5.18. The standard InChI is InChI=1S/C18H26N2O3/c1-14-4-2-3-5-17(14)23-13-18(22)20-10-8-19(9-11-20)12-16(21)15-6-7-15/h2-5,15-16,21H,6-13H2,1H3/t16-/m1/s1. The third-order valence-corrected chi connectivity index (χ3v) is 4.78. The highest BCUT2D eigenvalue weighted by Crippen LogP contribution is 2.32. The van der Waals surface area contributed by atoms with Crippen molar-refractivity contribution < 1.29 is 14.6 Å². The van der Waals surface area contributed by atoms with Gasteiger partial charge in [-0.2, -0.15) is 0 Å². The first kappa shape index (κ1) is 16.3. The highest BCUT2D eigenvalue weighted by Gasteiger charge is 2.32. The predicted molar refractivity (Wildman–Crippen MR) is 88.4 cm³/mol. The lowest BCUT2D eigenvalue weighted by Crippen LogP contribution is -2.51. The molecule has 3 rings (SSSR count). The summed E-state index contributed by atoms with van der Waals surface area (Å²) in [5.41, 5.74) is 1.04. The van der Waals surface area contributed by atoms with Gasteiger partial charge < -0.3 is 14.7 Å². The molecule has 2 fully saturated rings. The number of aliphatic hydroxyl groups is 1. The molecule has 2 aliphatic rings. The molecule has 1 heterocycles. The van der Waals surface area contributed by atoms with E-state index in [1.165, 1.54) is 0 Å². The van der Waals surface area contributed by atoms with Crippen molar-refractivity contribution in [3.63, 3.8) is 0 Å². The molecular formula is C18H26N2O3. The summed E-state index contributed by atoms with van der Waals surface area (Å²) < 4.78 is 5.64. The maximum absolute atomic E-state index is 12.3. The van der Waals surface area contributed by atoms with E-state index in [-0.39, 0.29) is 18.6 Å². The highest BCUT2D eigenvalue weighted by atomic mass is 16.5. The number of hydrogen-bond donors (Lipinski definition) is 1. The van der Waals surface area contributed by atoms with Crippen LogP contribution in [0, 0.1) is 12.8 Å². The van der Waals surface area contributed by atoms with Gasteiger partial charge in [0.15, 0.2) is 6.61 Å². The third-order valence-electron chi connectivity index (χ3n) is 4.78. The molecule has 5 heteroatoms. The summed E-state index contributed by atoms with van der Waals surface area (Å²) >= 11 is 0. The summed E-state index contributed by atoms with van der Waals surface area (Å²) in [6, 6.07) is 7.74. The Morgan fingerprint density at radius 2 is 1.96 bits per heavy atom. The van der Waals surface area contributed by atoms with Gasteiger partial charge in [-0.1, -0.05) is 18.2 Å². The average molecular weight is 318 g/mol. The highest BCUT2D eigenvalue weighted by molar-refractivity contribution is 5.78. The normalized spacial score (nSPS) is 20.3. The second kappa shape index (κ2) is 7.32. The van der Waals surface area contributed by atoms with Crippen molar-refractivity contribution in [1.82, 2.24) is 9.80 Å². The van der Waals surface area contributed by atoms with Crippen molar-refractivity contribution in [1.29, 1.82) is 0 Å². The van der Waals surface area contributed by atoms with E-state index in [1.54, 1.807) is 0 Å². The van der Waals surface area contributed by atoms with E-state index in [2.05, 4.69) is 4.90 Å². The first-order valence-electron chi connectivity index (χ1n) is 8.50. The van der Waals surface area contributed by atoms with E-state index in [1.807, 2.05) is 36.1 Å². The molecule has 1 N–H and O–H groups in total. The van der Waals surface area contributed by atoms with Gasteiger partial charge in [-0.25, -0.2) is 0 Å². The molecule has 0 aromatic heterocycles. The zero-order valence-corrected chi connectivity index (χ0v) is 13.8. The number of piperazine rings is 1. The van der Waals surface area contributed by atoms with Gasteiger partial charge in [0.1, 0.15) is 5.75 Å². The summed E-state index contributed by atoms with van der Waals surface area (Å²) in [5.74, 6) is 1.32. The minimum atomic E-state index is -0.193. The van der Waals surface area contributed by atoms with Crippen molar-refractivity contribution in [2.75, 3.05) is 39.3 Å². The number of para-hydroxylation sites is 1. The summed E-state index contributed by atoms with van der Waals surface area (Å²) in [5, 5.41) is 10.0. The first-order chi connectivity index (χ1) is 11.1. The number of ether oxygens (including phenoxy) is 1. The van der Waals surface area contributed by atoms with Gasteiger partial charge in [0, 0.05) is 32.7 Å². The Morgan fingerprint density at radius 1 is 1.26 bits per heavy atom. The first-order valence-corrected chi connectivity index (χ1v) is 8.50. The Morgan fingerprint density at radius 3 is 2.61 bits per heavy atom. The molecule has 1 aromatic carbocycles.